The van der Waals surface area contributed by atoms with Gasteiger partial charge in [-0.2, -0.15) is 0 Å². The molecule has 0 bridgehead atoms. The molecule has 1 atom stereocenters. The van der Waals surface area contributed by atoms with E-state index in [0.717, 1.165) is 32.4 Å². The Morgan fingerprint density at radius 1 is 1.15 bits per heavy atom. The van der Waals surface area contributed by atoms with Crippen LogP contribution in [-0.4, -0.2) is 33.1 Å². The van der Waals surface area contributed by atoms with Crippen LogP contribution in [0.5, 0.6) is 0 Å². The van der Waals surface area contributed by atoms with Gasteiger partial charge in [0.15, 0.2) is 11.0 Å². The Kier molecular flexibility index (Phi) is 5.69. The number of halogens is 2. The maximum absolute atomic E-state index is 10.1. The molecule has 1 saturated heterocycles. The van der Waals surface area contributed by atoms with E-state index in [1.807, 2.05) is 6.92 Å². The van der Waals surface area contributed by atoms with E-state index in [9.17, 15) is 5.11 Å². The number of hydrogen-bond donors (Lipinski definition) is 3. The number of benzene rings is 1. The fraction of sp³-hybridized carbons (Fsp3) is 0.375. The third-order valence-electron chi connectivity index (χ3n) is 7.11. The third-order valence-corrected chi connectivity index (χ3v) is 7.87. The predicted molar refractivity (Wildman–Crippen MR) is 131 cm³/mol. The Labute approximate surface area is 202 Å². The maximum Gasteiger partial charge on any atom is 0.153 e. The molecule has 1 aromatic carbocycles. The number of aliphatic hydroxyl groups excluding tert-OH is 1. The van der Waals surface area contributed by atoms with Gasteiger partial charge in [0.2, 0.25) is 0 Å². The van der Waals surface area contributed by atoms with Gasteiger partial charge in [0.05, 0.1) is 23.0 Å². The van der Waals surface area contributed by atoms with Crippen molar-refractivity contribution in [3.05, 3.63) is 63.0 Å². The van der Waals surface area contributed by atoms with E-state index in [2.05, 4.69) is 34.1 Å². The molecule has 5 rings (SSSR count). The number of anilines is 2. The molecule has 0 radical (unpaired) electrons. The van der Waals surface area contributed by atoms with Crippen LogP contribution in [0.4, 0.5) is 11.6 Å². The van der Waals surface area contributed by atoms with Crippen molar-refractivity contribution in [2.45, 2.75) is 38.8 Å². The van der Waals surface area contributed by atoms with Crippen molar-refractivity contribution in [1.82, 2.24) is 15.0 Å². The number of aliphatic hydroxyl groups is 1. The first-order valence-electron chi connectivity index (χ1n) is 11.0. The zero-order chi connectivity index (χ0) is 23.3. The Hall–Kier alpha value is -2.45. The van der Waals surface area contributed by atoms with Crippen LogP contribution in [0.2, 0.25) is 10.2 Å². The fourth-order valence-electron chi connectivity index (χ4n) is 5.32. The second-order valence-electron chi connectivity index (χ2n) is 8.99. The van der Waals surface area contributed by atoms with E-state index in [1.165, 1.54) is 11.1 Å². The van der Waals surface area contributed by atoms with Crippen LogP contribution < -0.4 is 16.4 Å². The van der Waals surface area contributed by atoms with Crippen LogP contribution >= 0.6 is 23.2 Å². The minimum absolute atomic E-state index is 0.0485. The molecule has 5 N–H and O–H groups in total. The molecule has 0 amide bonds. The highest BCUT2D eigenvalue weighted by Crippen LogP contribution is 2.51. The molecule has 7 nitrogen and oxygen atoms in total. The number of aryl methyl sites for hydroxylation is 1. The van der Waals surface area contributed by atoms with E-state index >= 15 is 0 Å². The second kappa shape index (κ2) is 8.40. The summed E-state index contributed by atoms with van der Waals surface area (Å²) in [4.78, 5) is 15.7. The number of nitrogens with two attached hydrogens (primary N) is 2. The molecule has 172 valence electrons. The summed E-state index contributed by atoms with van der Waals surface area (Å²) in [7, 11) is 0. The van der Waals surface area contributed by atoms with Gasteiger partial charge < -0.3 is 21.5 Å². The number of aromatic nitrogens is 3. The molecule has 1 aliphatic heterocycles. The van der Waals surface area contributed by atoms with Gasteiger partial charge in [-0.3, -0.25) is 0 Å². The lowest BCUT2D eigenvalue weighted by Gasteiger charge is -2.43. The molecule has 33 heavy (non-hydrogen) atoms. The Morgan fingerprint density at radius 3 is 2.58 bits per heavy atom. The molecule has 3 aromatic rings. The van der Waals surface area contributed by atoms with Gasteiger partial charge in [0.25, 0.3) is 0 Å². The molecular weight excluding hydrogens is 459 g/mol. The Morgan fingerprint density at radius 2 is 1.88 bits per heavy atom. The van der Waals surface area contributed by atoms with Crippen LogP contribution in [0, 0.1) is 12.3 Å². The van der Waals surface area contributed by atoms with Crippen molar-refractivity contribution < 1.29 is 5.11 Å². The molecular formula is C24H26Cl2N6O. The van der Waals surface area contributed by atoms with Crippen molar-refractivity contribution in [1.29, 1.82) is 0 Å². The third kappa shape index (κ3) is 3.73. The number of rotatable bonds is 3. The number of fused-ring (bicyclic) bond motifs is 1. The van der Waals surface area contributed by atoms with Crippen molar-refractivity contribution in [2.75, 3.05) is 23.7 Å². The monoisotopic (exact) mass is 484 g/mol. The average Bonchev–Trinajstić information content (AvgIpc) is 3.08. The minimum atomic E-state index is -0.242. The first-order chi connectivity index (χ1) is 15.8. The highest BCUT2D eigenvalue weighted by molar-refractivity contribution is 6.43. The molecule has 2 aliphatic rings. The van der Waals surface area contributed by atoms with E-state index in [1.54, 1.807) is 6.07 Å². The zero-order valence-electron chi connectivity index (χ0n) is 18.4. The summed E-state index contributed by atoms with van der Waals surface area (Å²) >= 11 is 12.5. The Balaban J connectivity index is 1.43. The standard InChI is InChI=1S/C24H26Cl2N6O/c1-13-20(16-10-18(27)31-22(26)19(16)25)30-17(12-33)23(29-13)32-8-6-24(7-9-32)11-14-4-2-3-5-15(14)21(24)28/h2-5,10,21,33H,6-9,11-12,28H2,1H3,(H2,27,31)/t21-/m1/s1. The molecule has 9 heteroatoms. The number of piperidine rings is 1. The van der Waals surface area contributed by atoms with Crippen LogP contribution in [0.25, 0.3) is 11.3 Å². The highest BCUT2D eigenvalue weighted by atomic mass is 35.5. The average molecular weight is 485 g/mol. The molecule has 3 heterocycles. The lowest BCUT2D eigenvalue weighted by atomic mass is 9.73. The second-order valence-corrected chi connectivity index (χ2v) is 9.72. The SMILES string of the molecule is Cc1nc(N2CCC3(CC2)Cc2ccccc2[C@H]3N)c(CO)nc1-c1cc(N)nc(Cl)c1Cl. The molecule has 1 fully saturated rings. The first kappa shape index (κ1) is 22.3. The smallest absolute Gasteiger partial charge is 0.153 e. The maximum atomic E-state index is 10.1. The van der Waals surface area contributed by atoms with Gasteiger partial charge in [-0.15, -0.1) is 0 Å². The van der Waals surface area contributed by atoms with Gasteiger partial charge >= 0.3 is 0 Å². The normalized spacial score (nSPS) is 19.2. The van der Waals surface area contributed by atoms with E-state index in [4.69, 9.17) is 44.6 Å². The lowest BCUT2D eigenvalue weighted by molar-refractivity contribution is 0.186. The van der Waals surface area contributed by atoms with Crippen LogP contribution in [0.3, 0.4) is 0 Å². The highest BCUT2D eigenvalue weighted by Gasteiger charge is 2.46. The van der Waals surface area contributed by atoms with E-state index in [0.29, 0.717) is 28.5 Å². The van der Waals surface area contributed by atoms with Gasteiger partial charge in [-0.1, -0.05) is 47.5 Å². The quantitative estimate of drug-likeness (QED) is 0.479. The van der Waals surface area contributed by atoms with Crippen molar-refractivity contribution >= 4 is 34.8 Å². The number of nitrogen functional groups attached to an aromatic ring is 1. The molecule has 2 aromatic heterocycles. The summed E-state index contributed by atoms with van der Waals surface area (Å²) in [6, 6.07) is 10.2. The van der Waals surface area contributed by atoms with Gasteiger partial charge in [-0.05, 0) is 48.8 Å². The first-order valence-corrected chi connectivity index (χ1v) is 11.8. The molecule has 0 unspecified atom stereocenters. The van der Waals surface area contributed by atoms with E-state index in [-0.39, 0.29) is 34.1 Å². The fourth-order valence-corrected chi connectivity index (χ4v) is 5.70. The van der Waals surface area contributed by atoms with Crippen molar-refractivity contribution in [3.8, 4) is 11.3 Å². The van der Waals surface area contributed by atoms with E-state index < -0.39 is 0 Å². The molecule has 1 aliphatic carbocycles. The number of hydrogen-bond acceptors (Lipinski definition) is 7. The van der Waals surface area contributed by atoms with Crippen LogP contribution in [-0.2, 0) is 13.0 Å². The van der Waals surface area contributed by atoms with Crippen molar-refractivity contribution in [2.24, 2.45) is 11.1 Å². The number of pyridine rings is 1. The van der Waals surface area contributed by atoms with Gasteiger partial charge in [0.1, 0.15) is 11.5 Å². The summed E-state index contributed by atoms with van der Waals surface area (Å²) in [6.07, 6.45) is 2.93. The Bertz CT molecular complexity index is 1230. The summed E-state index contributed by atoms with van der Waals surface area (Å²) in [5.74, 6) is 0.937. The van der Waals surface area contributed by atoms with Crippen molar-refractivity contribution in [3.63, 3.8) is 0 Å². The predicted octanol–water partition coefficient (Wildman–Crippen LogP) is 4.07. The number of nitrogens with zero attached hydrogens (tertiary/aromatic N) is 4. The summed E-state index contributed by atoms with van der Waals surface area (Å²) in [5.41, 5.74) is 17.5. The van der Waals surface area contributed by atoms with Gasteiger partial charge in [-0.25, -0.2) is 15.0 Å². The van der Waals surface area contributed by atoms with Crippen LogP contribution in [0.1, 0.15) is 41.4 Å². The molecule has 0 saturated carbocycles. The lowest BCUT2D eigenvalue weighted by Crippen LogP contribution is -2.45. The van der Waals surface area contributed by atoms with Crippen LogP contribution in [0.15, 0.2) is 30.3 Å². The summed E-state index contributed by atoms with van der Waals surface area (Å²) < 4.78 is 0. The van der Waals surface area contributed by atoms with Gasteiger partial charge in [0, 0.05) is 24.7 Å². The summed E-state index contributed by atoms with van der Waals surface area (Å²) in [6.45, 7) is 3.23. The minimum Gasteiger partial charge on any atom is -0.390 e. The zero-order valence-corrected chi connectivity index (χ0v) is 19.9. The topological polar surface area (TPSA) is 114 Å². The summed E-state index contributed by atoms with van der Waals surface area (Å²) in [5, 5.41) is 10.5. The molecule has 1 spiro atoms. The largest absolute Gasteiger partial charge is 0.390 e.